The van der Waals surface area contributed by atoms with Crippen LogP contribution in [-0.2, 0) is 0 Å². The average Bonchev–Trinajstić information content (AvgIpc) is 2.28. The van der Waals surface area contributed by atoms with Crippen molar-refractivity contribution in [2.45, 2.75) is 13.8 Å². The topological polar surface area (TPSA) is 41.6 Å². The van der Waals surface area contributed by atoms with Gasteiger partial charge in [0.1, 0.15) is 0 Å². The highest BCUT2D eigenvalue weighted by Gasteiger charge is 2.16. The van der Waals surface area contributed by atoms with Crippen molar-refractivity contribution in [1.29, 1.82) is 0 Å². The van der Waals surface area contributed by atoms with E-state index < -0.39 is 0 Å². The molecule has 84 valence electrons. The summed E-state index contributed by atoms with van der Waals surface area (Å²) in [4.78, 5) is 0. The van der Waals surface area contributed by atoms with Crippen LogP contribution in [0.25, 0.3) is 0 Å². The molecular formula is C13H17N3. The Kier molecular flexibility index (Phi) is 3.89. The van der Waals surface area contributed by atoms with Gasteiger partial charge in [-0.3, -0.25) is 0 Å². The molecule has 3 heteroatoms. The van der Waals surface area contributed by atoms with E-state index in [1.807, 2.05) is 26.0 Å². The molecule has 0 saturated carbocycles. The molecule has 0 aromatic heterocycles. The Balaban J connectivity index is 3.25. The van der Waals surface area contributed by atoms with Gasteiger partial charge in [-0.1, -0.05) is 25.3 Å². The monoisotopic (exact) mass is 215 g/mol. The number of nitrogens with zero attached hydrogens (tertiary/aromatic N) is 2. The molecule has 0 spiro atoms. The lowest BCUT2D eigenvalue weighted by Crippen LogP contribution is -2.21. The number of hydrazone groups is 1. The zero-order valence-corrected chi connectivity index (χ0v) is 9.77. The fourth-order valence-electron chi connectivity index (χ4n) is 1.53. The maximum Gasteiger partial charge on any atom is 0.0696 e. The number of rotatable bonds is 3. The standard InChI is InChI=1S/C13H17N3/c1-5-8-12(14)11-9-10(4)15-16(7-3)13(11)6-2/h5-9H,1,3,14H2,2,4H3/b12-8-,13-6-. The SMILES string of the molecule is C=C/C=C(\N)C1=CC(C)=NN(C=C)/C1=C\C. The van der Waals surface area contributed by atoms with E-state index >= 15 is 0 Å². The molecule has 0 atom stereocenters. The van der Waals surface area contributed by atoms with Crippen molar-refractivity contribution in [2.24, 2.45) is 10.8 Å². The van der Waals surface area contributed by atoms with Gasteiger partial charge in [0.05, 0.1) is 11.4 Å². The van der Waals surface area contributed by atoms with Crippen LogP contribution in [0.1, 0.15) is 13.8 Å². The highest BCUT2D eigenvalue weighted by atomic mass is 15.5. The van der Waals surface area contributed by atoms with Crippen LogP contribution in [0.2, 0.25) is 0 Å². The minimum atomic E-state index is 0.671. The smallest absolute Gasteiger partial charge is 0.0696 e. The lowest BCUT2D eigenvalue weighted by atomic mass is 10.0. The molecule has 0 aromatic carbocycles. The molecular weight excluding hydrogens is 198 g/mol. The Morgan fingerprint density at radius 3 is 2.69 bits per heavy atom. The zero-order chi connectivity index (χ0) is 12.1. The number of allylic oxidation sites excluding steroid dienone is 4. The van der Waals surface area contributed by atoms with Crippen LogP contribution in [0.5, 0.6) is 0 Å². The largest absolute Gasteiger partial charge is 0.398 e. The molecule has 0 unspecified atom stereocenters. The number of hydrogen-bond donors (Lipinski definition) is 1. The summed E-state index contributed by atoms with van der Waals surface area (Å²) in [5.41, 5.74) is 9.40. The van der Waals surface area contributed by atoms with Gasteiger partial charge in [-0.05, 0) is 26.0 Å². The van der Waals surface area contributed by atoms with Crippen molar-refractivity contribution in [3.05, 3.63) is 60.6 Å². The molecule has 1 aliphatic heterocycles. The third kappa shape index (κ3) is 2.31. The fraction of sp³-hybridized carbons (Fsp3) is 0.154. The van der Waals surface area contributed by atoms with Crippen LogP contribution in [0.15, 0.2) is 65.7 Å². The predicted molar refractivity (Wildman–Crippen MR) is 69.5 cm³/mol. The Bertz CT molecular complexity index is 422. The van der Waals surface area contributed by atoms with E-state index in [1.54, 1.807) is 23.4 Å². The molecule has 1 aliphatic rings. The first-order valence-corrected chi connectivity index (χ1v) is 5.08. The third-order valence-electron chi connectivity index (χ3n) is 2.20. The van der Waals surface area contributed by atoms with Gasteiger partial charge in [-0.2, -0.15) is 5.10 Å². The number of hydrogen-bond acceptors (Lipinski definition) is 3. The third-order valence-corrected chi connectivity index (χ3v) is 2.20. The normalized spacial score (nSPS) is 19.2. The summed E-state index contributed by atoms with van der Waals surface area (Å²) in [6.07, 6.45) is 9.00. The minimum absolute atomic E-state index is 0.671. The summed E-state index contributed by atoms with van der Waals surface area (Å²) in [6.45, 7) is 11.2. The van der Waals surface area contributed by atoms with Crippen LogP contribution in [0, 0.1) is 0 Å². The van der Waals surface area contributed by atoms with E-state index in [0.717, 1.165) is 17.0 Å². The molecule has 0 fully saturated rings. The first kappa shape index (κ1) is 12.0. The van der Waals surface area contributed by atoms with Gasteiger partial charge in [0.25, 0.3) is 0 Å². The van der Waals surface area contributed by atoms with Crippen LogP contribution in [0.4, 0.5) is 0 Å². The van der Waals surface area contributed by atoms with Gasteiger partial charge in [-0.15, -0.1) is 0 Å². The quantitative estimate of drug-likeness (QED) is 0.735. The van der Waals surface area contributed by atoms with E-state index in [4.69, 9.17) is 5.73 Å². The summed E-state index contributed by atoms with van der Waals surface area (Å²) >= 11 is 0. The van der Waals surface area contributed by atoms with E-state index in [-0.39, 0.29) is 0 Å². The van der Waals surface area contributed by atoms with E-state index in [9.17, 15) is 0 Å². The highest BCUT2D eigenvalue weighted by molar-refractivity contribution is 5.95. The van der Waals surface area contributed by atoms with Gasteiger partial charge < -0.3 is 5.73 Å². The maximum absolute atomic E-state index is 5.97. The lowest BCUT2D eigenvalue weighted by Gasteiger charge is -2.25. The van der Waals surface area contributed by atoms with Gasteiger partial charge >= 0.3 is 0 Å². The molecule has 0 aromatic rings. The Morgan fingerprint density at radius 1 is 1.50 bits per heavy atom. The molecule has 1 heterocycles. The second-order valence-electron chi connectivity index (χ2n) is 3.36. The lowest BCUT2D eigenvalue weighted by molar-refractivity contribution is 0.503. The van der Waals surface area contributed by atoms with Gasteiger partial charge in [0, 0.05) is 17.5 Å². The van der Waals surface area contributed by atoms with Crippen molar-refractivity contribution in [3.8, 4) is 0 Å². The summed E-state index contributed by atoms with van der Waals surface area (Å²) in [5, 5.41) is 6.04. The average molecular weight is 215 g/mol. The van der Waals surface area contributed by atoms with Crippen LogP contribution < -0.4 is 5.73 Å². The first-order chi connectivity index (χ1) is 7.63. The van der Waals surface area contributed by atoms with Crippen LogP contribution in [0.3, 0.4) is 0 Å². The molecule has 1 rings (SSSR count). The molecule has 3 nitrogen and oxygen atoms in total. The predicted octanol–water partition coefficient (Wildman–Crippen LogP) is 2.68. The summed E-state index contributed by atoms with van der Waals surface area (Å²) in [7, 11) is 0. The summed E-state index contributed by atoms with van der Waals surface area (Å²) < 4.78 is 0. The van der Waals surface area contributed by atoms with Crippen molar-refractivity contribution in [1.82, 2.24) is 5.01 Å². The summed E-state index contributed by atoms with van der Waals surface area (Å²) in [6, 6.07) is 0. The van der Waals surface area contributed by atoms with E-state index in [2.05, 4.69) is 18.3 Å². The number of nitrogens with two attached hydrogens (primary N) is 1. The molecule has 16 heavy (non-hydrogen) atoms. The Labute approximate surface area is 96.6 Å². The molecule has 0 aliphatic carbocycles. The molecule has 0 saturated heterocycles. The van der Waals surface area contributed by atoms with E-state index in [1.165, 1.54) is 0 Å². The van der Waals surface area contributed by atoms with Crippen molar-refractivity contribution in [2.75, 3.05) is 0 Å². The van der Waals surface area contributed by atoms with Crippen LogP contribution >= 0.6 is 0 Å². The van der Waals surface area contributed by atoms with Crippen molar-refractivity contribution < 1.29 is 0 Å². The van der Waals surface area contributed by atoms with Gasteiger partial charge in [-0.25, -0.2) is 5.01 Å². The van der Waals surface area contributed by atoms with Crippen LogP contribution in [-0.4, -0.2) is 10.7 Å². The van der Waals surface area contributed by atoms with Crippen molar-refractivity contribution in [3.63, 3.8) is 0 Å². The van der Waals surface area contributed by atoms with E-state index in [0.29, 0.717) is 5.70 Å². The molecule has 0 bridgehead atoms. The van der Waals surface area contributed by atoms with Crippen molar-refractivity contribution >= 4 is 5.71 Å². The fourth-order valence-corrected chi connectivity index (χ4v) is 1.53. The summed E-state index contributed by atoms with van der Waals surface area (Å²) in [5.74, 6) is 0. The second-order valence-corrected chi connectivity index (χ2v) is 3.36. The molecule has 2 N–H and O–H groups in total. The Morgan fingerprint density at radius 2 is 2.19 bits per heavy atom. The van der Waals surface area contributed by atoms with Gasteiger partial charge in [0.15, 0.2) is 0 Å². The van der Waals surface area contributed by atoms with Gasteiger partial charge in [0.2, 0.25) is 0 Å². The first-order valence-electron chi connectivity index (χ1n) is 5.08. The second kappa shape index (κ2) is 5.16. The Hall–Kier alpha value is -2.03. The molecule has 0 radical (unpaired) electrons. The zero-order valence-electron chi connectivity index (χ0n) is 9.77. The maximum atomic E-state index is 5.97. The molecule has 0 amide bonds. The minimum Gasteiger partial charge on any atom is -0.398 e. The highest BCUT2D eigenvalue weighted by Crippen LogP contribution is 2.24.